The van der Waals surface area contributed by atoms with Gasteiger partial charge in [0.2, 0.25) is 0 Å². The molecule has 45 heavy (non-hydrogen) atoms. The fraction of sp³-hybridized carbons (Fsp3) is 0.156. The van der Waals surface area contributed by atoms with Crippen LogP contribution in [0.2, 0.25) is 0 Å². The Labute approximate surface area is 265 Å². The van der Waals surface area contributed by atoms with E-state index in [1.165, 1.54) is 40.6 Å². The first-order valence-electron chi connectivity index (χ1n) is 13.8. The lowest BCUT2D eigenvalue weighted by Gasteiger charge is -2.22. The Bertz CT molecular complexity index is 1830. The van der Waals surface area contributed by atoms with Crippen molar-refractivity contribution in [1.29, 1.82) is 0 Å². The highest BCUT2D eigenvalue weighted by atomic mass is 32.2. The van der Waals surface area contributed by atoms with Crippen molar-refractivity contribution in [3.63, 3.8) is 0 Å². The van der Waals surface area contributed by atoms with E-state index in [0.717, 1.165) is 22.9 Å². The number of methoxy groups -OCH3 is 1. The van der Waals surface area contributed by atoms with Gasteiger partial charge in [0.1, 0.15) is 17.4 Å². The second kappa shape index (κ2) is 13.4. The summed E-state index contributed by atoms with van der Waals surface area (Å²) in [6, 6.07) is 22.3. The Morgan fingerprint density at radius 2 is 1.69 bits per heavy atom. The van der Waals surface area contributed by atoms with Crippen LogP contribution in [0, 0.1) is 11.6 Å². The molecule has 2 aromatic heterocycles. The average Bonchev–Trinajstić information content (AvgIpc) is 3.84. The smallest absolute Gasteiger partial charge is 0.261 e. The molecule has 0 aliphatic carbocycles. The van der Waals surface area contributed by atoms with Crippen LogP contribution in [0.1, 0.15) is 39.1 Å². The first-order chi connectivity index (χ1) is 21.9. The summed E-state index contributed by atoms with van der Waals surface area (Å²) in [5.74, 6) is -0.260. The van der Waals surface area contributed by atoms with Crippen LogP contribution in [0.15, 0.2) is 101 Å². The highest BCUT2D eigenvalue weighted by Crippen LogP contribution is 2.34. The van der Waals surface area contributed by atoms with Crippen molar-refractivity contribution < 1.29 is 23.1 Å². The van der Waals surface area contributed by atoms with Gasteiger partial charge in [-0.15, -0.1) is 21.5 Å². The molecule has 9 nitrogen and oxygen atoms in total. The number of hydrazone groups is 1. The van der Waals surface area contributed by atoms with Gasteiger partial charge in [0.15, 0.2) is 11.0 Å². The van der Waals surface area contributed by atoms with Crippen molar-refractivity contribution in [2.45, 2.75) is 24.2 Å². The van der Waals surface area contributed by atoms with Crippen LogP contribution in [0.5, 0.6) is 5.75 Å². The van der Waals surface area contributed by atoms with Gasteiger partial charge >= 0.3 is 0 Å². The highest BCUT2D eigenvalue weighted by Gasteiger charge is 2.33. The fourth-order valence-corrected chi connectivity index (χ4v) is 6.31. The molecule has 0 saturated heterocycles. The normalized spacial score (nSPS) is 14.3. The molecule has 2 amide bonds. The molecule has 1 aliphatic heterocycles. The van der Waals surface area contributed by atoms with E-state index in [1.54, 1.807) is 48.1 Å². The van der Waals surface area contributed by atoms with Crippen molar-refractivity contribution in [1.82, 2.24) is 25.1 Å². The van der Waals surface area contributed by atoms with E-state index in [9.17, 15) is 18.4 Å². The van der Waals surface area contributed by atoms with Gasteiger partial charge in [0.25, 0.3) is 11.8 Å². The minimum absolute atomic E-state index is 0.0437. The van der Waals surface area contributed by atoms with Crippen molar-refractivity contribution in [2.24, 2.45) is 5.10 Å². The summed E-state index contributed by atoms with van der Waals surface area (Å²) in [6.45, 7) is 0.0594. The van der Waals surface area contributed by atoms with Crippen molar-refractivity contribution in [2.75, 3.05) is 12.9 Å². The second-order valence-corrected chi connectivity index (χ2v) is 11.8. The number of benzene rings is 3. The lowest BCUT2D eigenvalue weighted by Crippen LogP contribution is -2.28. The Balaban J connectivity index is 1.24. The lowest BCUT2D eigenvalue weighted by atomic mass is 9.98. The molecule has 0 saturated carbocycles. The molecule has 0 spiro atoms. The SMILES string of the molecule is COc1ccc(C2=NN(C(=O)CSc3nnc(CNC(=O)c4cccs4)n3-c3ccc(F)cc3)C(c3ccc(F)cc3)C2)cc1. The number of amides is 2. The molecule has 1 aliphatic rings. The van der Waals surface area contributed by atoms with Gasteiger partial charge in [-0.1, -0.05) is 30.0 Å². The number of hydrogen-bond donors (Lipinski definition) is 1. The van der Waals surface area contributed by atoms with Crippen LogP contribution in [0.25, 0.3) is 5.69 Å². The Morgan fingerprint density at radius 1 is 0.978 bits per heavy atom. The first-order valence-corrected chi connectivity index (χ1v) is 15.7. The maximum Gasteiger partial charge on any atom is 0.261 e. The monoisotopic (exact) mass is 644 g/mol. The predicted octanol–water partition coefficient (Wildman–Crippen LogP) is 6.02. The molecule has 3 aromatic carbocycles. The third-order valence-electron chi connectivity index (χ3n) is 7.11. The highest BCUT2D eigenvalue weighted by molar-refractivity contribution is 7.99. The van der Waals surface area contributed by atoms with Crippen LogP contribution in [-0.4, -0.2) is 50.2 Å². The number of carbonyl (C=O) groups is 2. The Morgan fingerprint density at radius 3 is 2.36 bits per heavy atom. The molecule has 5 aromatic rings. The molecule has 1 atom stereocenters. The van der Waals surface area contributed by atoms with Crippen molar-refractivity contribution >= 4 is 40.6 Å². The summed E-state index contributed by atoms with van der Waals surface area (Å²) in [7, 11) is 1.59. The van der Waals surface area contributed by atoms with Gasteiger partial charge in [0.05, 0.1) is 36.0 Å². The van der Waals surface area contributed by atoms with Crippen molar-refractivity contribution in [3.05, 3.63) is 124 Å². The number of carbonyl (C=O) groups excluding carboxylic acids is 2. The quantitative estimate of drug-likeness (QED) is 0.187. The minimum Gasteiger partial charge on any atom is -0.497 e. The summed E-state index contributed by atoms with van der Waals surface area (Å²) >= 11 is 2.46. The maximum absolute atomic E-state index is 13.8. The molecule has 228 valence electrons. The van der Waals surface area contributed by atoms with E-state index in [0.29, 0.717) is 39.4 Å². The van der Waals surface area contributed by atoms with Crippen LogP contribution < -0.4 is 10.1 Å². The van der Waals surface area contributed by atoms with E-state index in [-0.39, 0.29) is 29.9 Å². The molecular formula is C32H26F2N6O3S2. The number of rotatable bonds is 10. The number of halogens is 2. The molecule has 13 heteroatoms. The lowest BCUT2D eigenvalue weighted by molar-refractivity contribution is -0.130. The average molecular weight is 645 g/mol. The summed E-state index contributed by atoms with van der Waals surface area (Å²) in [6.07, 6.45) is 0.439. The van der Waals surface area contributed by atoms with Gasteiger partial charge in [-0.3, -0.25) is 14.2 Å². The zero-order valence-electron chi connectivity index (χ0n) is 23.9. The molecule has 0 bridgehead atoms. The third-order valence-corrected chi connectivity index (χ3v) is 8.89. The largest absolute Gasteiger partial charge is 0.497 e. The predicted molar refractivity (Wildman–Crippen MR) is 168 cm³/mol. The number of nitrogens with one attached hydrogen (secondary N) is 1. The Kier molecular flexibility index (Phi) is 8.98. The zero-order chi connectivity index (χ0) is 31.3. The van der Waals surface area contributed by atoms with E-state index in [4.69, 9.17) is 9.84 Å². The minimum atomic E-state index is -0.436. The van der Waals surface area contributed by atoms with Gasteiger partial charge in [-0.2, -0.15) is 5.10 Å². The van der Waals surface area contributed by atoms with E-state index < -0.39 is 11.9 Å². The summed E-state index contributed by atoms with van der Waals surface area (Å²) in [4.78, 5) is 26.9. The van der Waals surface area contributed by atoms with Crippen LogP contribution in [0.3, 0.4) is 0 Å². The number of aromatic nitrogens is 3. The van der Waals surface area contributed by atoms with Gasteiger partial charge < -0.3 is 10.1 Å². The zero-order valence-corrected chi connectivity index (χ0v) is 25.5. The van der Waals surface area contributed by atoms with E-state index >= 15 is 0 Å². The van der Waals surface area contributed by atoms with E-state index in [2.05, 4.69) is 15.5 Å². The van der Waals surface area contributed by atoms with Crippen LogP contribution >= 0.6 is 23.1 Å². The summed E-state index contributed by atoms with van der Waals surface area (Å²) in [5, 5.41) is 19.7. The summed E-state index contributed by atoms with van der Waals surface area (Å²) in [5.41, 5.74) is 2.88. The third kappa shape index (κ3) is 6.79. The Hall–Kier alpha value is -4.88. The number of ether oxygens (including phenoxy) is 1. The number of thiophene rings is 1. The van der Waals surface area contributed by atoms with Gasteiger partial charge in [-0.05, 0) is 83.2 Å². The van der Waals surface area contributed by atoms with Crippen molar-refractivity contribution in [3.8, 4) is 11.4 Å². The topological polar surface area (TPSA) is 102 Å². The number of thioether (sulfide) groups is 1. The summed E-state index contributed by atoms with van der Waals surface area (Å²) < 4.78 is 34.5. The molecule has 3 heterocycles. The van der Waals surface area contributed by atoms with E-state index in [1.807, 2.05) is 29.6 Å². The second-order valence-electron chi connectivity index (χ2n) is 9.94. The standard InChI is InChI=1S/C32H26F2N6O3S2/c1-43-25-14-6-20(7-15-25)26-17-27(21-4-8-22(33)9-5-21)40(38-26)30(41)19-45-32-37-36-29(18-35-31(42)28-3-2-16-44-28)39(32)24-12-10-23(34)11-13-24/h2-16,27H,17-19H2,1H3,(H,35,42). The molecular weight excluding hydrogens is 619 g/mol. The van der Waals surface area contributed by atoms with Gasteiger partial charge in [-0.25, -0.2) is 13.8 Å². The molecule has 1 unspecified atom stereocenters. The molecule has 0 radical (unpaired) electrons. The first kappa shape index (κ1) is 30.2. The molecule has 0 fully saturated rings. The molecule has 6 rings (SSSR count). The number of hydrogen-bond acceptors (Lipinski definition) is 8. The van der Waals surface area contributed by atoms with Gasteiger partial charge in [0, 0.05) is 12.1 Å². The van der Waals surface area contributed by atoms with Crippen LogP contribution in [0.4, 0.5) is 8.78 Å². The fourth-order valence-electron chi connectivity index (χ4n) is 4.85. The number of nitrogens with zero attached hydrogens (tertiary/aromatic N) is 5. The van der Waals surface area contributed by atoms with Crippen LogP contribution in [-0.2, 0) is 11.3 Å². The maximum atomic E-state index is 13.8. The molecule has 1 N–H and O–H groups in total.